The molecular formula is C16H19N3O5S2. The van der Waals surface area contributed by atoms with Gasteiger partial charge in [-0.2, -0.15) is 0 Å². The lowest BCUT2D eigenvalue weighted by molar-refractivity contribution is -0.116. The Morgan fingerprint density at radius 3 is 2.46 bits per heavy atom. The highest BCUT2D eigenvalue weighted by Gasteiger charge is 2.16. The Balaban J connectivity index is 2.01. The SMILES string of the molecule is CCN(C(C)=O)c1nc(COC(=O)c2ccc(S(=O)(=O)NC)cc2)cs1. The molecule has 2 aromatic rings. The van der Waals surface area contributed by atoms with Crippen molar-refractivity contribution in [1.82, 2.24) is 9.71 Å². The molecule has 1 heterocycles. The molecule has 0 bridgehead atoms. The monoisotopic (exact) mass is 397 g/mol. The molecule has 26 heavy (non-hydrogen) atoms. The average molecular weight is 397 g/mol. The number of carbonyl (C=O) groups is 2. The van der Waals surface area contributed by atoms with E-state index in [-0.39, 0.29) is 23.0 Å². The summed E-state index contributed by atoms with van der Waals surface area (Å²) < 4.78 is 30.7. The second kappa shape index (κ2) is 8.39. The lowest BCUT2D eigenvalue weighted by Crippen LogP contribution is -2.27. The fourth-order valence-electron chi connectivity index (χ4n) is 2.09. The Morgan fingerprint density at radius 1 is 1.27 bits per heavy atom. The first-order chi connectivity index (χ1) is 12.3. The van der Waals surface area contributed by atoms with Crippen LogP contribution in [0.3, 0.4) is 0 Å². The number of anilines is 1. The van der Waals surface area contributed by atoms with Crippen LogP contribution in [0.25, 0.3) is 0 Å². The van der Waals surface area contributed by atoms with E-state index < -0.39 is 16.0 Å². The second-order valence-electron chi connectivity index (χ2n) is 5.19. The summed E-state index contributed by atoms with van der Waals surface area (Å²) in [6.07, 6.45) is 0. The highest BCUT2D eigenvalue weighted by atomic mass is 32.2. The predicted molar refractivity (Wildman–Crippen MR) is 97.6 cm³/mol. The first-order valence-corrected chi connectivity index (χ1v) is 10.1. The van der Waals surface area contributed by atoms with Crippen LogP contribution in [-0.2, 0) is 26.2 Å². The molecule has 0 saturated carbocycles. The Hall–Kier alpha value is -2.30. The largest absolute Gasteiger partial charge is 0.456 e. The minimum Gasteiger partial charge on any atom is -0.456 e. The van der Waals surface area contributed by atoms with Gasteiger partial charge in [-0.3, -0.25) is 9.69 Å². The summed E-state index contributed by atoms with van der Waals surface area (Å²) in [5, 5.41) is 2.27. The van der Waals surface area contributed by atoms with E-state index in [9.17, 15) is 18.0 Å². The highest BCUT2D eigenvalue weighted by molar-refractivity contribution is 7.89. The van der Waals surface area contributed by atoms with E-state index in [2.05, 4.69) is 9.71 Å². The fourth-order valence-corrected chi connectivity index (χ4v) is 3.74. The van der Waals surface area contributed by atoms with Gasteiger partial charge in [-0.25, -0.2) is 22.9 Å². The third kappa shape index (κ3) is 4.65. The zero-order valence-corrected chi connectivity index (χ0v) is 16.2. The number of rotatable bonds is 7. The molecule has 1 aromatic heterocycles. The molecule has 0 radical (unpaired) electrons. The number of sulfonamides is 1. The van der Waals surface area contributed by atoms with Gasteiger partial charge in [0.25, 0.3) is 0 Å². The number of esters is 1. The van der Waals surface area contributed by atoms with E-state index >= 15 is 0 Å². The van der Waals surface area contributed by atoms with Crippen molar-refractivity contribution >= 4 is 38.4 Å². The van der Waals surface area contributed by atoms with Crippen LogP contribution in [-0.4, -0.2) is 38.9 Å². The maximum atomic E-state index is 12.1. The van der Waals surface area contributed by atoms with Gasteiger partial charge in [0.05, 0.1) is 16.2 Å². The number of aromatic nitrogens is 1. The number of nitrogens with zero attached hydrogens (tertiary/aromatic N) is 2. The van der Waals surface area contributed by atoms with E-state index in [0.717, 1.165) is 0 Å². The number of benzene rings is 1. The van der Waals surface area contributed by atoms with Crippen molar-refractivity contribution in [3.8, 4) is 0 Å². The van der Waals surface area contributed by atoms with Gasteiger partial charge in [0, 0.05) is 18.8 Å². The number of carbonyl (C=O) groups excluding carboxylic acids is 2. The van der Waals surface area contributed by atoms with E-state index in [1.807, 2.05) is 6.92 Å². The van der Waals surface area contributed by atoms with E-state index in [1.165, 1.54) is 54.5 Å². The highest BCUT2D eigenvalue weighted by Crippen LogP contribution is 2.21. The van der Waals surface area contributed by atoms with Crippen LogP contribution in [0.5, 0.6) is 0 Å². The van der Waals surface area contributed by atoms with Crippen molar-refractivity contribution in [1.29, 1.82) is 0 Å². The normalized spacial score (nSPS) is 11.2. The van der Waals surface area contributed by atoms with E-state index in [0.29, 0.717) is 17.4 Å². The molecular weight excluding hydrogens is 378 g/mol. The van der Waals surface area contributed by atoms with Gasteiger partial charge in [0.2, 0.25) is 15.9 Å². The summed E-state index contributed by atoms with van der Waals surface area (Å²) in [5.74, 6) is -0.700. The van der Waals surface area contributed by atoms with Gasteiger partial charge in [-0.1, -0.05) is 0 Å². The number of hydrogen-bond donors (Lipinski definition) is 1. The van der Waals surface area contributed by atoms with Crippen molar-refractivity contribution in [2.75, 3.05) is 18.5 Å². The summed E-state index contributed by atoms with van der Waals surface area (Å²) in [6.45, 7) is 3.77. The molecule has 0 fully saturated rings. The van der Waals surface area contributed by atoms with Crippen molar-refractivity contribution in [3.05, 3.63) is 40.9 Å². The van der Waals surface area contributed by atoms with Crippen molar-refractivity contribution in [2.45, 2.75) is 25.3 Å². The number of thiazole rings is 1. The molecule has 0 atom stereocenters. The quantitative estimate of drug-likeness (QED) is 0.714. The minimum atomic E-state index is -3.55. The summed E-state index contributed by atoms with van der Waals surface area (Å²) >= 11 is 1.29. The van der Waals surface area contributed by atoms with Crippen LogP contribution in [0.4, 0.5) is 5.13 Å². The third-order valence-corrected chi connectivity index (χ3v) is 5.83. The van der Waals surface area contributed by atoms with Crippen molar-refractivity contribution in [3.63, 3.8) is 0 Å². The Morgan fingerprint density at radius 2 is 1.92 bits per heavy atom. The standard InChI is InChI=1S/C16H19N3O5S2/c1-4-19(11(2)20)16-18-13(10-25-16)9-24-15(21)12-5-7-14(8-6-12)26(22,23)17-3/h5-8,10,17H,4,9H2,1-3H3. The first kappa shape index (κ1) is 20.0. The smallest absolute Gasteiger partial charge is 0.338 e. The van der Waals surface area contributed by atoms with Crippen LogP contribution in [0, 0.1) is 0 Å². The number of amides is 1. The summed E-state index contributed by atoms with van der Waals surface area (Å²) in [7, 11) is -2.24. The van der Waals surface area contributed by atoms with E-state index in [1.54, 1.807) is 5.38 Å². The molecule has 140 valence electrons. The van der Waals surface area contributed by atoms with Crippen LogP contribution < -0.4 is 9.62 Å². The Labute approximate surface area is 155 Å². The first-order valence-electron chi connectivity index (χ1n) is 7.71. The van der Waals surface area contributed by atoms with Crippen LogP contribution in [0.2, 0.25) is 0 Å². The fraction of sp³-hybridized carbons (Fsp3) is 0.312. The molecule has 1 amide bonds. The van der Waals surface area contributed by atoms with Crippen LogP contribution in [0.15, 0.2) is 34.5 Å². The zero-order chi connectivity index (χ0) is 19.3. The molecule has 0 aliphatic carbocycles. The molecule has 0 unspecified atom stereocenters. The minimum absolute atomic E-state index is 0.0403. The zero-order valence-electron chi connectivity index (χ0n) is 14.6. The summed E-state index contributed by atoms with van der Waals surface area (Å²) in [4.78, 5) is 29.5. The average Bonchev–Trinajstić information content (AvgIpc) is 3.08. The number of ether oxygens (including phenoxy) is 1. The maximum Gasteiger partial charge on any atom is 0.338 e. The molecule has 8 nitrogen and oxygen atoms in total. The molecule has 0 saturated heterocycles. The molecule has 0 spiro atoms. The summed E-state index contributed by atoms with van der Waals surface area (Å²) in [5.41, 5.74) is 0.766. The lowest BCUT2D eigenvalue weighted by Gasteiger charge is -2.14. The molecule has 1 aromatic carbocycles. The van der Waals surface area contributed by atoms with Crippen LogP contribution >= 0.6 is 11.3 Å². The van der Waals surface area contributed by atoms with Gasteiger partial charge < -0.3 is 4.74 Å². The van der Waals surface area contributed by atoms with Gasteiger partial charge in [0.15, 0.2) is 5.13 Å². The van der Waals surface area contributed by atoms with Gasteiger partial charge in [-0.15, -0.1) is 11.3 Å². The maximum absolute atomic E-state index is 12.1. The third-order valence-electron chi connectivity index (χ3n) is 3.49. The number of hydrogen-bond acceptors (Lipinski definition) is 7. The van der Waals surface area contributed by atoms with Crippen LogP contribution in [0.1, 0.15) is 29.9 Å². The van der Waals surface area contributed by atoms with Gasteiger partial charge >= 0.3 is 5.97 Å². The number of nitrogens with one attached hydrogen (secondary N) is 1. The van der Waals surface area contributed by atoms with Gasteiger partial charge in [0.1, 0.15) is 6.61 Å². The van der Waals surface area contributed by atoms with E-state index in [4.69, 9.17) is 4.74 Å². The molecule has 1 N–H and O–H groups in total. The molecule has 2 rings (SSSR count). The topological polar surface area (TPSA) is 106 Å². The summed E-state index contributed by atoms with van der Waals surface area (Å²) in [6, 6.07) is 5.42. The lowest BCUT2D eigenvalue weighted by atomic mass is 10.2. The van der Waals surface area contributed by atoms with Gasteiger partial charge in [-0.05, 0) is 38.2 Å². The molecule has 10 heteroatoms. The second-order valence-corrected chi connectivity index (χ2v) is 7.92. The Kier molecular flexibility index (Phi) is 6.46. The molecule has 0 aliphatic heterocycles. The molecule has 0 aliphatic rings. The Bertz CT molecular complexity index is 891. The van der Waals surface area contributed by atoms with Crippen molar-refractivity contribution in [2.24, 2.45) is 0 Å². The predicted octanol–water partition coefficient (Wildman–Crippen LogP) is 1.78. The van der Waals surface area contributed by atoms with Crippen molar-refractivity contribution < 1.29 is 22.7 Å².